The fraction of sp³-hybridized carbons (Fsp3) is 0.364. The molecule has 0 bridgehead atoms. The van der Waals surface area contributed by atoms with Crippen molar-refractivity contribution in [3.05, 3.63) is 22.7 Å². The lowest BCUT2D eigenvalue weighted by Gasteiger charge is -2.22. The summed E-state index contributed by atoms with van der Waals surface area (Å²) in [5, 5.41) is 2.72. The Balaban J connectivity index is 2.02. The molecule has 1 atom stereocenters. The Morgan fingerprint density at radius 2 is 2.29 bits per heavy atom. The number of ether oxygens (including phenoxy) is 2. The van der Waals surface area contributed by atoms with Crippen LogP contribution < -0.4 is 11.1 Å². The molecular weight excluding hydrogens is 288 g/mol. The number of carbonyl (C=O) groups excluding carboxylic acids is 1. The first-order valence-corrected chi connectivity index (χ1v) is 6.01. The number of benzene rings is 1. The summed E-state index contributed by atoms with van der Waals surface area (Å²) in [6.45, 7) is 1.25. The third-order valence-corrected chi connectivity index (χ3v) is 2.87. The Morgan fingerprint density at radius 1 is 1.47 bits per heavy atom. The molecule has 1 aromatic carbocycles. The molecule has 0 saturated carbocycles. The van der Waals surface area contributed by atoms with Gasteiger partial charge in [0.05, 0.1) is 31.2 Å². The van der Waals surface area contributed by atoms with Gasteiger partial charge in [0.2, 0.25) is 0 Å². The van der Waals surface area contributed by atoms with Crippen LogP contribution >= 0.6 is 15.9 Å². The van der Waals surface area contributed by atoms with E-state index in [2.05, 4.69) is 21.2 Å². The van der Waals surface area contributed by atoms with Crippen LogP contribution in [0.1, 0.15) is 0 Å². The highest BCUT2D eigenvalue weighted by molar-refractivity contribution is 9.10. The summed E-state index contributed by atoms with van der Waals surface area (Å²) in [5.74, 6) is -0.237. The molecule has 0 radical (unpaired) electrons. The molecule has 6 heteroatoms. The van der Waals surface area contributed by atoms with Crippen LogP contribution in [-0.4, -0.2) is 31.8 Å². The second-order valence-electron chi connectivity index (χ2n) is 3.66. The first kappa shape index (κ1) is 12.3. The molecule has 0 aromatic heterocycles. The fourth-order valence-corrected chi connectivity index (χ4v) is 1.88. The van der Waals surface area contributed by atoms with Crippen molar-refractivity contribution in [2.24, 2.45) is 0 Å². The summed E-state index contributed by atoms with van der Waals surface area (Å²) >= 11 is 3.30. The van der Waals surface area contributed by atoms with Gasteiger partial charge in [0, 0.05) is 4.47 Å². The van der Waals surface area contributed by atoms with Gasteiger partial charge in [-0.3, -0.25) is 4.79 Å². The number of amides is 1. The molecule has 1 aliphatic heterocycles. The fourth-order valence-electron chi connectivity index (χ4n) is 1.50. The Hall–Kier alpha value is -1.11. The SMILES string of the molecule is Nc1cc(Br)ccc1NC(=O)C1COCCO1. The molecule has 92 valence electrons. The number of carbonyl (C=O) groups is 1. The zero-order chi connectivity index (χ0) is 12.3. The highest BCUT2D eigenvalue weighted by Crippen LogP contribution is 2.23. The highest BCUT2D eigenvalue weighted by atomic mass is 79.9. The van der Waals surface area contributed by atoms with E-state index in [0.717, 1.165) is 4.47 Å². The zero-order valence-corrected chi connectivity index (χ0v) is 10.7. The average molecular weight is 301 g/mol. The summed E-state index contributed by atoms with van der Waals surface area (Å²) in [5.41, 5.74) is 6.86. The van der Waals surface area contributed by atoms with E-state index in [1.165, 1.54) is 0 Å². The predicted molar refractivity (Wildman–Crippen MR) is 67.7 cm³/mol. The van der Waals surface area contributed by atoms with E-state index in [-0.39, 0.29) is 12.5 Å². The van der Waals surface area contributed by atoms with Crippen molar-refractivity contribution >= 4 is 33.2 Å². The standard InChI is InChI=1S/C11H13BrN2O3/c12-7-1-2-9(8(13)5-7)14-11(15)10-6-16-3-4-17-10/h1-2,5,10H,3-4,6,13H2,(H,14,15). The van der Waals surface area contributed by atoms with Gasteiger partial charge in [-0.25, -0.2) is 0 Å². The van der Waals surface area contributed by atoms with Gasteiger partial charge in [0.15, 0.2) is 6.10 Å². The van der Waals surface area contributed by atoms with Crippen LogP contribution in [0.15, 0.2) is 22.7 Å². The summed E-state index contributed by atoms with van der Waals surface area (Å²) in [6, 6.07) is 5.28. The summed E-state index contributed by atoms with van der Waals surface area (Å²) < 4.78 is 11.3. The maximum atomic E-state index is 11.8. The maximum Gasteiger partial charge on any atom is 0.255 e. The van der Waals surface area contributed by atoms with Crippen molar-refractivity contribution < 1.29 is 14.3 Å². The van der Waals surface area contributed by atoms with E-state index in [4.69, 9.17) is 15.2 Å². The van der Waals surface area contributed by atoms with E-state index < -0.39 is 6.10 Å². The molecule has 1 aliphatic rings. The van der Waals surface area contributed by atoms with Crippen molar-refractivity contribution in [2.75, 3.05) is 30.9 Å². The number of rotatable bonds is 2. The van der Waals surface area contributed by atoms with E-state index in [1.54, 1.807) is 12.1 Å². The molecule has 1 fully saturated rings. The van der Waals surface area contributed by atoms with Crippen LogP contribution in [0.2, 0.25) is 0 Å². The largest absolute Gasteiger partial charge is 0.397 e. The molecule has 17 heavy (non-hydrogen) atoms. The molecule has 1 amide bonds. The normalized spacial score (nSPS) is 19.9. The van der Waals surface area contributed by atoms with Gasteiger partial charge < -0.3 is 20.5 Å². The Labute approximate surface area is 107 Å². The van der Waals surface area contributed by atoms with Crippen LogP contribution in [0.4, 0.5) is 11.4 Å². The number of nitrogens with one attached hydrogen (secondary N) is 1. The Morgan fingerprint density at radius 3 is 2.94 bits per heavy atom. The quantitative estimate of drug-likeness (QED) is 0.810. The maximum absolute atomic E-state index is 11.8. The second-order valence-corrected chi connectivity index (χ2v) is 4.57. The Bertz CT molecular complexity index is 419. The minimum absolute atomic E-state index is 0.237. The topological polar surface area (TPSA) is 73.6 Å². The van der Waals surface area contributed by atoms with E-state index in [9.17, 15) is 4.79 Å². The van der Waals surface area contributed by atoms with Crippen LogP contribution in [0.5, 0.6) is 0 Å². The van der Waals surface area contributed by atoms with E-state index in [0.29, 0.717) is 24.6 Å². The van der Waals surface area contributed by atoms with Crippen LogP contribution in [0.25, 0.3) is 0 Å². The second kappa shape index (κ2) is 5.48. The molecule has 1 aromatic rings. The minimum atomic E-state index is -0.563. The summed E-state index contributed by atoms with van der Waals surface area (Å²) in [4.78, 5) is 11.8. The monoisotopic (exact) mass is 300 g/mol. The molecule has 0 aliphatic carbocycles. The lowest BCUT2D eigenvalue weighted by Crippen LogP contribution is -2.39. The number of anilines is 2. The predicted octanol–water partition coefficient (Wildman–Crippen LogP) is 1.39. The summed E-state index contributed by atoms with van der Waals surface area (Å²) in [7, 11) is 0. The van der Waals surface area contributed by atoms with Crippen LogP contribution in [0.3, 0.4) is 0 Å². The van der Waals surface area contributed by atoms with Gasteiger partial charge >= 0.3 is 0 Å². The molecule has 1 heterocycles. The number of hydrogen-bond donors (Lipinski definition) is 2. The van der Waals surface area contributed by atoms with Crippen LogP contribution in [-0.2, 0) is 14.3 Å². The van der Waals surface area contributed by atoms with Gasteiger partial charge in [-0.1, -0.05) is 15.9 Å². The number of nitrogens with two attached hydrogens (primary N) is 1. The zero-order valence-electron chi connectivity index (χ0n) is 9.11. The highest BCUT2D eigenvalue weighted by Gasteiger charge is 2.23. The molecular formula is C11H13BrN2O3. The smallest absolute Gasteiger partial charge is 0.255 e. The van der Waals surface area contributed by atoms with Crippen LogP contribution in [0, 0.1) is 0 Å². The summed E-state index contributed by atoms with van der Waals surface area (Å²) in [6.07, 6.45) is -0.563. The van der Waals surface area contributed by atoms with Gasteiger partial charge in [0.25, 0.3) is 5.91 Å². The third kappa shape index (κ3) is 3.18. The molecule has 2 rings (SSSR count). The molecule has 5 nitrogen and oxygen atoms in total. The van der Waals surface area contributed by atoms with Crippen molar-refractivity contribution in [1.29, 1.82) is 0 Å². The van der Waals surface area contributed by atoms with Crippen molar-refractivity contribution in [3.63, 3.8) is 0 Å². The number of hydrogen-bond acceptors (Lipinski definition) is 4. The van der Waals surface area contributed by atoms with Gasteiger partial charge in [-0.2, -0.15) is 0 Å². The Kier molecular flexibility index (Phi) is 3.98. The molecule has 0 spiro atoms. The first-order valence-electron chi connectivity index (χ1n) is 5.22. The third-order valence-electron chi connectivity index (χ3n) is 2.38. The average Bonchev–Trinajstić information content (AvgIpc) is 2.34. The van der Waals surface area contributed by atoms with Gasteiger partial charge in [0.1, 0.15) is 0 Å². The number of nitrogen functional groups attached to an aromatic ring is 1. The first-order chi connectivity index (χ1) is 8.16. The lowest BCUT2D eigenvalue weighted by molar-refractivity contribution is -0.142. The lowest BCUT2D eigenvalue weighted by atomic mass is 10.2. The van der Waals surface area contributed by atoms with Crippen molar-refractivity contribution in [1.82, 2.24) is 0 Å². The molecule has 3 N–H and O–H groups in total. The van der Waals surface area contributed by atoms with E-state index >= 15 is 0 Å². The van der Waals surface area contributed by atoms with Gasteiger partial charge in [-0.15, -0.1) is 0 Å². The number of halogens is 1. The minimum Gasteiger partial charge on any atom is -0.397 e. The molecule has 1 unspecified atom stereocenters. The molecule has 1 saturated heterocycles. The van der Waals surface area contributed by atoms with Crippen molar-refractivity contribution in [3.8, 4) is 0 Å². The van der Waals surface area contributed by atoms with Gasteiger partial charge in [-0.05, 0) is 18.2 Å². The van der Waals surface area contributed by atoms with Crippen molar-refractivity contribution in [2.45, 2.75) is 6.10 Å². The van der Waals surface area contributed by atoms with E-state index in [1.807, 2.05) is 6.07 Å².